The first kappa shape index (κ1) is 22.9. The molecule has 0 aliphatic rings. The van der Waals surface area contributed by atoms with E-state index in [4.69, 9.17) is 0 Å². The van der Waals surface area contributed by atoms with Gasteiger partial charge in [0.25, 0.3) is 0 Å². The third-order valence-electron chi connectivity index (χ3n) is 4.14. The van der Waals surface area contributed by atoms with Gasteiger partial charge in [0.2, 0.25) is 0 Å². The summed E-state index contributed by atoms with van der Waals surface area (Å²) in [7, 11) is 1.75. The largest absolute Gasteiger partial charge is 0.373 e. The number of fused-ring (bicyclic) bond motifs is 1. The van der Waals surface area contributed by atoms with Crippen LogP contribution in [-0.2, 0) is 0 Å². The highest BCUT2D eigenvalue weighted by Gasteiger charge is 2.13. The zero-order valence-electron chi connectivity index (χ0n) is 17.8. The summed E-state index contributed by atoms with van der Waals surface area (Å²) in [6.07, 6.45) is 8.62. The van der Waals surface area contributed by atoms with Gasteiger partial charge in [-0.2, -0.15) is 0 Å². The number of anilines is 1. The number of nitrogens with zero attached hydrogens (tertiary/aromatic N) is 2. The van der Waals surface area contributed by atoms with Crippen molar-refractivity contribution in [3.05, 3.63) is 84.7 Å². The second-order valence-electron chi connectivity index (χ2n) is 6.54. The Morgan fingerprint density at radius 1 is 1.13 bits per heavy atom. The van der Waals surface area contributed by atoms with Crippen molar-refractivity contribution in [1.82, 2.24) is 9.97 Å². The second-order valence-corrected chi connectivity index (χ2v) is 6.54. The normalized spacial score (nSPS) is 11.3. The number of halogens is 2. The van der Waals surface area contributed by atoms with Crippen LogP contribution in [0.1, 0.15) is 33.0 Å². The van der Waals surface area contributed by atoms with E-state index in [0.29, 0.717) is 22.7 Å². The summed E-state index contributed by atoms with van der Waals surface area (Å²) in [5.74, 6) is -0.618. The van der Waals surface area contributed by atoms with Crippen LogP contribution in [0.25, 0.3) is 27.6 Å². The van der Waals surface area contributed by atoms with Crippen LogP contribution in [0, 0.1) is 11.6 Å². The SMILES string of the molecule is C=C/C(=C\C=C/C)c1nc(NC)c2cc(-c3cccc(F)c3F)ccc2n1.CCC. The number of nitrogens with one attached hydrogen (secondary N) is 1. The predicted molar refractivity (Wildman–Crippen MR) is 123 cm³/mol. The number of hydrogen-bond acceptors (Lipinski definition) is 3. The minimum Gasteiger partial charge on any atom is -0.373 e. The molecule has 1 aromatic heterocycles. The van der Waals surface area contributed by atoms with E-state index < -0.39 is 11.6 Å². The molecular weight excluding hydrogens is 380 g/mol. The predicted octanol–water partition coefficient (Wildman–Crippen LogP) is 7.18. The maximum absolute atomic E-state index is 14.2. The molecule has 3 aromatic rings. The van der Waals surface area contributed by atoms with Gasteiger partial charge in [0.05, 0.1) is 5.52 Å². The zero-order chi connectivity index (χ0) is 22.1. The molecule has 0 unspecified atom stereocenters. The van der Waals surface area contributed by atoms with Gasteiger partial charge in [0.1, 0.15) is 5.82 Å². The lowest BCUT2D eigenvalue weighted by atomic mass is 10.0. The molecular formula is C25H27F2N3. The van der Waals surface area contributed by atoms with Crippen LogP contribution < -0.4 is 5.32 Å². The fourth-order valence-corrected chi connectivity index (χ4v) is 2.78. The fourth-order valence-electron chi connectivity index (χ4n) is 2.78. The topological polar surface area (TPSA) is 37.8 Å². The summed E-state index contributed by atoms with van der Waals surface area (Å²) in [6.45, 7) is 9.99. The van der Waals surface area contributed by atoms with Crippen LogP contribution >= 0.6 is 0 Å². The molecule has 0 aliphatic carbocycles. The average Bonchev–Trinajstić information content (AvgIpc) is 2.76. The van der Waals surface area contributed by atoms with E-state index in [-0.39, 0.29) is 5.56 Å². The van der Waals surface area contributed by atoms with Gasteiger partial charge in [0, 0.05) is 23.6 Å². The molecule has 0 atom stereocenters. The highest BCUT2D eigenvalue weighted by molar-refractivity contribution is 5.94. The van der Waals surface area contributed by atoms with Crippen molar-refractivity contribution in [2.24, 2.45) is 0 Å². The van der Waals surface area contributed by atoms with Gasteiger partial charge in [-0.3, -0.25) is 0 Å². The average molecular weight is 408 g/mol. The van der Waals surface area contributed by atoms with Crippen LogP contribution in [0.4, 0.5) is 14.6 Å². The first-order valence-electron chi connectivity index (χ1n) is 9.90. The molecule has 0 saturated heterocycles. The van der Waals surface area contributed by atoms with Gasteiger partial charge in [-0.1, -0.05) is 69.4 Å². The van der Waals surface area contributed by atoms with Crippen molar-refractivity contribution in [1.29, 1.82) is 0 Å². The number of benzene rings is 2. The number of aromatic nitrogens is 2. The number of rotatable bonds is 5. The van der Waals surface area contributed by atoms with E-state index in [1.165, 1.54) is 12.5 Å². The van der Waals surface area contributed by atoms with Crippen LogP contribution in [0.3, 0.4) is 0 Å². The van der Waals surface area contributed by atoms with Crippen molar-refractivity contribution < 1.29 is 8.78 Å². The van der Waals surface area contributed by atoms with Gasteiger partial charge in [0.15, 0.2) is 17.5 Å². The lowest BCUT2D eigenvalue weighted by molar-refractivity contribution is 0.511. The van der Waals surface area contributed by atoms with Gasteiger partial charge < -0.3 is 5.32 Å². The van der Waals surface area contributed by atoms with E-state index >= 15 is 0 Å². The molecule has 0 saturated carbocycles. The molecule has 3 rings (SSSR count). The Bertz CT molecular complexity index is 1090. The standard InChI is InChI=1S/C22H19F2N3.C3H8/c1-4-6-8-14(5-2)21-26-19-12-11-15(13-17(19)22(25-3)27-21)16-9-7-10-18(23)20(16)24;1-3-2/h4-13H,2H2,1,3H3,(H,25,26,27);3H2,1-2H3/b6-4-,14-8+;. The van der Waals surface area contributed by atoms with Crippen molar-refractivity contribution >= 4 is 22.3 Å². The maximum atomic E-state index is 14.2. The summed E-state index contributed by atoms with van der Waals surface area (Å²) in [6, 6.07) is 9.38. The van der Waals surface area contributed by atoms with Crippen molar-refractivity contribution in [2.75, 3.05) is 12.4 Å². The lowest BCUT2D eigenvalue weighted by Gasteiger charge is -2.11. The molecule has 5 heteroatoms. The van der Waals surface area contributed by atoms with Gasteiger partial charge in [-0.15, -0.1) is 0 Å². The van der Waals surface area contributed by atoms with Gasteiger partial charge in [-0.25, -0.2) is 18.7 Å². The third-order valence-corrected chi connectivity index (χ3v) is 4.14. The first-order chi connectivity index (χ1) is 14.5. The smallest absolute Gasteiger partial charge is 0.166 e. The summed E-state index contributed by atoms with van der Waals surface area (Å²) in [5, 5.41) is 3.77. The summed E-state index contributed by atoms with van der Waals surface area (Å²) < 4.78 is 27.7. The van der Waals surface area contributed by atoms with Crippen molar-refractivity contribution in [2.45, 2.75) is 27.2 Å². The highest BCUT2D eigenvalue weighted by atomic mass is 19.2. The lowest BCUT2D eigenvalue weighted by Crippen LogP contribution is -2.01. The summed E-state index contributed by atoms with van der Waals surface area (Å²) >= 11 is 0. The minimum atomic E-state index is -0.877. The number of allylic oxidation sites excluding steroid dienone is 5. The van der Waals surface area contributed by atoms with E-state index in [0.717, 1.165) is 17.0 Å². The molecule has 3 nitrogen and oxygen atoms in total. The Labute approximate surface area is 176 Å². The Kier molecular flexibility index (Phi) is 8.41. The molecule has 0 fully saturated rings. The summed E-state index contributed by atoms with van der Waals surface area (Å²) in [4.78, 5) is 9.15. The molecule has 0 bridgehead atoms. The van der Waals surface area contributed by atoms with E-state index in [1.54, 1.807) is 37.4 Å². The highest BCUT2D eigenvalue weighted by Crippen LogP contribution is 2.30. The zero-order valence-corrected chi connectivity index (χ0v) is 17.8. The first-order valence-corrected chi connectivity index (χ1v) is 9.90. The molecule has 0 spiro atoms. The molecule has 0 amide bonds. The maximum Gasteiger partial charge on any atom is 0.166 e. The molecule has 0 radical (unpaired) electrons. The molecule has 1 heterocycles. The Morgan fingerprint density at radius 3 is 2.50 bits per heavy atom. The van der Waals surface area contributed by atoms with Crippen LogP contribution in [-0.4, -0.2) is 17.0 Å². The Balaban J connectivity index is 0.00000101. The van der Waals surface area contributed by atoms with Crippen molar-refractivity contribution in [3.63, 3.8) is 0 Å². The molecule has 30 heavy (non-hydrogen) atoms. The fraction of sp³-hybridized carbons (Fsp3) is 0.200. The molecule has 156 valence electrons. The third kappa shape index (κ3) is 5.17. The second kappa shape index (κ2) is 11.0. The summed E-state index contributed by atoms with van der Waals surface area (Å²) in [5.41, 5.74) is 2.23. The molecule has 1 N–H and O–H groups in total. The van der Waals surface area contributed by atoms with Crippen LogP contribution in [0.5, 0.6) is 0 Å². The number of hydrogen-bond donors (Lipinski definition) is 1. The van der Waals surface area contributed by atoms with Gasteiger partial charge in [-0.05, 0) is 30.7 Å². The van der Waals surface area contributed by atoms with Crippen molar-refractivity contribution in [3.8, 4) is 11.1 Å². The quantitative estimate of drug-likeness (QED) is 0.455. The van der Waals surface area contributed by atoms with Crippen LogP contribution in [0.15, 0.2) is 67.3 Å². The Hall–Kier alpha value is -3.34. The van der Waals surface area contributed by atoms with Crippen LogP contribution in [0.2, 0.25) is 0 Å². The van der Waals surface area contributed by atoms with E-state index in [2.05, 4.69) is 35.7 Å². The Morgan fingerprint density at radius 2 is 1.87 bits per heavy atom. The van der Waals surface area contributed by atoms with E-state index in [1.807, 2.05) is 25.2 Å². The van der Waals surface area contributed by atoms with Gasteiger partial charge >= 0.3 is 0 Å². The van der Waals surface area contributed by atoms with E-state index in [9.17, 15) is 8.78 Å². The minimum absolute atomic E-state index is 0.197. The monoisotopic (exact) mass is 407 g/mol. The molecule has 2 aromatic carbocycles. The molecule has 0 aliphatic heterocycles.